The van der Waals surface area contributed by atoms with Crippen LogP contribution in [0.4, 0.5) is 10.1 Å². The molecule has 3 rings (SSSR count). The van der Waals surface area contributed by atoms with Crippen molar-refractivity contribution in [2.24, 2.45) is 0 Å². The second kappa shape index (κ2) is 6.33. The molecule has 0 radical (unpaired) electrons. The van der Waals surface area contributed by atoms with E-state index in [9.17, 15) is 17.6 Å². The summed E-state index contributed by atoms with van der Waals surface area (Å²) in [5.74, 6) is -0.653. The van der Waals surface area contributed by atoms with Crippen molar-refractivity contribution in [1.82, 2.24) is 4.31 Å². The SMILES string of the molecule is CC(=O)Nc1ccc2c(c1)CN(S(=O)(=O)c1ccc(F)cc1)CC2. The minimum absolute atomic E-state index is 0.0744. The van der Waals surface area contributed by atoms with E-state index in [1.807, 2.05) is 12.1 Å². The van der Waals surface area contributed by atoms with Crippen molar-refractivity contribution < 1.29 is 17.6 Å². The Bertz CT molecular complexity index is 879. The van der Waals surface area contributed by atoms with Crippen LogP contribution in [0.1, 0.15) is 18.1 Å². The summed E-state index contributed by atoms with van der Waals surface area (Å²) in [7, 11) is -3.68. The molecule has 0 atom stereocenters. The zero-order valence-electron chi connectivity index (χ0n) is 13.1. The van der Waals surface area contributed by atoms with Gasteiger partial charge in [-0.05, 0) is 53.9 Å². The Balaban J connectivity index is 1.88. The van der Waals surface area contributed by atoms with Gasteiger partial charge in [-0.3, -0.25) is 4.79 Å². The Morgan fingerprint density at radius 2 is 1.83 bits per heavy atom. The number of nitrogens with zero attached hydrogens (tertiary/aromatic N) is 1. The third-order valence-corrected chi connectivity index (χ3v) is 5.81. The quantitative estimate of drug-likeness (QED) is 0.927. The first kappa shape index (κ1) is 16.6. The van der Waals surface area contributed by atoms with Crippen LogP contribution in [0.3, 0.4) is 0 Å². The highest BCUT2D eigenvalue weighted by atomic mass is 32.2. The Morgan fingerprint density at radius 3 is 2.50 bits per heavy atom. The molecular weight excluding hydrogens is 331 g/mol. The largest absolute Gasteiger partial charge is 0.326 e. The van der Waals surface area contributed by atoms with Crippen LogP contribution in [0.5, 0.6) is 0 Å². The third kappa shape index (κ3) is 3.32. The summed E-state index contributed by atoms with van der Waals surface area (Å²) in [6, 6.07) is 10.3. The summed E-state index contributed by atoms with van der Waals surface area (Å²) in [6.45, 7) is 2.01. The molecule has 0 saturated heterocycles. The fourth-order valence-corrected chi connectivity index (χ4v) is 4.19. The zero-order chi connectivity index (χ0) is 17.3. The molecule has 24 heavy (non-hydrogen) atoms. The predicted octanol–water partition coefficient (Wildman–Crippen LogP) is 2.53. The number of fused-ring (bicyclic) bond motifs is 1. The van der Waals surface area contributed by atoms with Gasteiger partial charge in [0.05, 0.1) is 4.90 Å². The number of carbonyl (C=O) groups is 1. The van der Waals surface area contributed by atoms with Crippen molar-refractivity contribution in [2.45, 2.75) is 24.8 Å². The van der Waals surface area contributed by atoms with E-state index in [0.717, 1.165) is 23.3 Å². The fourth-order valence-electron chi connectivity index (χ4n) is 2.77. The van der Waals surface area contributed by atoms with Gasteiger partial charge in [0.25, 0.3) is 0 Å². The van der Waals surface area contributed by atoms with Gasteiger partial charge in [0.15, 0.2) is 0 Å². The van der Waals surface area contributed by atoms with E-state index < -0.39 is 15.8 Å². The summed E-state index contributed by atoms with van der Waals surface area (Å²) in [4.78, 5) is 11.2. The Morgan fingerprint density at radius 1 is 1.12 bits per heavy atom. The van der Waals surface area contributed by atoms with Crippen LogP contribution in [-0.2, 0) is 27.8 Å². The number of amides is 1. The minimum Gasteiger partial charge on any atom is -0.326 e. The maximum Gasteiger partial charge on any atom is 0.243 e. The first-order valence-electron chi connectivity index (χ1n) is 7.51. The van der Waals surface area contributed by atoms with Crippen LogP contribution in [0.25, 0.3) is 0 Å². The van der Waals surface area contributed by atoms with Gasteiger partial charge in [-0.2, -0.15) is 4.31 Å². The molecule has 2 aromatic rings. The molecule has 0 fully saturated rings. The topological polar surface area (TPSA) is 66.5 Å². The number of hydrogen-bond acceptors (Lipinski definition) is 3. The number of hydrogen-bond donors (Lipinski definition) is 1. The molecule has 1 amide bonds. The fraction of sp³-hybridized carbons (Fsp3) is 0.235. The lowest BCUT2D eigenvalue weighted by molar-refractivity contribution is -0.114. The monoisotopic (exact) mass is 348 g/mol. The lowest BCUT2D eigenvalue weighted by Crippen LogP contribution is -2.36. The van der Waals surface area contributed by atoms with Gasteiger partial charge in [0.1, 0.15) is 5.82 Å². The number of nitrogens with one attached hydrogen (secondary N) is 1. The maximum atomic E-state index is 13.0. The summed E-state index contributed by atoms with van der Waals surface area (Å²) < 4.78 is 39.8. The van der Waals surface area contributed by atoms with Crippen molar-refractivity contribution >= 4 is 21.6 Å². The highest BCUT2D eigenvalue weighted by Gasteiger charge is 2.28. The van der Waals surface area contributed by atoms with Crippen LogP contribution >= 0.6 is 0 Å². The van der Waals surface area contributed by atoms with Gasteiger partial charge < -0.3 is 5.32 Å². The molecule has 126 valence electrons. The Kier molecular flexibility index (Phi) is 4.38. The van der Waals surface area contributed by atoms with Crippen LogP contribution in [0.15, 0.2) is 47.4 Å². The van der Waals surface area contributed by atoms with Crippen LogP contribution in [0, 0.1) is 5.82 Å². The molecule has 0 bridgehead atoms. The van der Waals surface area contributed by atoms with Crippen molar-refractivity contribution in [3.05, 3.63) is 59.4 Å². The summed E-state index contributed by atoms with van der Waals surface area (Å²) >= 11 is 0. The lowest BCUT2D eigenvalue weighted by Gasteiger charge is -2.28. The molecule has 7 heteroatoms. The van der Waals surface area contributed by atoms with Gasteiger partial charge in [0.2, 0.25) is 15.9 Å². The van der Waals surface area contributed by atoms with E-state index in [1.54, 1.807) is 6.07 Å². The first-order valence-corrected chi connectivity index (χ1v) is 8.95. The molecular formula is C17H17FN2O3S. The van der Waals surface area contributed by atoms with Crippen molar-refractivity contribution in [3.63, 3.8) is 0 Å². The average Bonchev–Trinajstić information content (AvgIpc) is 2.54. The van der Waals surface area contributed by atoms with Crippen LogP contribution in [0.2, 0.25) is 0 Å². The number of sulfonamides is 1. The minimum atomic E-state index is -3.68. The van der Waals surface area contributed by atoms with Gasteiger partial charge in [-0.1, -0.05) is 6.07 Å². The van der Waals surface area contributed by atoms with Gasteiger partial charge in [0, 0.05) is 25.7 Å². The van der Waals surface area contributed by atoms with Crippen molar-refractivity contribution in [3.8, 4) is 0 Å². The van der Waals surface area contributed by atoms with Gasteiger partial charge in [-0.25, -0.2) is 12.8 Å². The maximum absolute atomic E-state index is 13.0. The number of benzene rings is 2. The standard InChI is InChI=1S/C17H17FN2O3S/c1-12(21)19-16-5-2-13-8-9-20(11-14(13)10-16)24(22,23)17-6-3-15(18)4-7-17/h2-7,10H,8-9,11H2,1H3,(H,19,21). The van der Waals surface area contributed by atoms with E-state index >= 15 is 0 Å². The summed E-state index contributed by atoms with van der Waals surface area (Å²) in [5.41, 5.74) is 2.56. The number of anilines is 1. The molecule has 0 aromatic heterocycles. The number of carbonyl (C=O) groups excluding carboxylic acids is 1. The first-order chi connectivity index (χ1) is 11.4. The third-order valence-electron chi connectivity index (χ3n) is 3.96. The molecule has 1 aliphatic rings. The molecule has 0 spiro atoms. The highest BCUT2D eigenvalue weighted by Crippen LogP contribution is 2.27. The molecule has 0 aliphatic carbocycles. The molecule has 0 unspecified atom stereocenters. The summed E-state index contributed by atoms with van der Waals surface area (Å²) in [6.07, 6.45) is 0.593. The van der Waals surface area contributed by atoms with Gasteiger partial charge >= 0.3 is 0 Å². The number of rotatable bonds is 3. The second-order valence-electron chi connectivity index (χ2n) is 5.71. The molecule has 1 N–H and O–H groups in total. The zero-order valence-corrected chi connectivity index (χ0v) is 13.9. The van der Waals surface area contributed by atoms with E-state index in [2.05, 4.69) is 5.32 Å². The number of halogens is 1. The van der Waals surface area contributed by atoms with E-state index in [-0.39, 0.29) is 17.3 Å². The van der Waals surface area contributed by atoms with E-state index in [1.165, 1.54) is 23.4 Å². The molecule has 0 saturated carbocycles. The summed E-state index contributed by atoms with van der Waals surface area (Å²) in [5, 5.41) is 2.70. The lowest BCUT2D eigenvalue weighted by atomic mass is 10.0. The molecule has 2 aromatic carbocycles. The molecule has 5 nitrogen and oxygen atoms in total. The van der Waals surface area contributed by atoms with Crippen molar-refractivity contribution in [1.29, 1.82) is 0 Å². The Labute approximate surface area is 140 Å². The molecule has 1 aliphatic heterocycles. The second-order valence-corrected chi connectivity index (χ2v) is 7.65. The van der Waals surface area contributed by atoms with E-state index in [0.29, 0.717) is 18.7 Å². The van der Waals surface area contributed by atoms with Gasteiger partial charge in [-0.15, -0.1) is 0 Å². The van der Waals surface area contributed by atoms with Crippen molar-refractivity contribution in [2.75, 3.05) is 11.9 Å². The van der Waals surface area contributed by atoms with Crippen LogP contribution < -0.4 is 5.32 Å². The smallest absolute Gasteiger partial charge is 0.243 e. The average molecular weight is 348 g/mol. The normalized spacial score (nSPS) is 14.9. The molecule has 1 heterocycles. The highest BCUT2D eigenvalue weighted by molar-refractivity contribution is 7.89. The Hall–Kier alpha value is -2.25. The predicted molar refractivity (Wildman–Crippen MR) is 88.4 cm³/mol. The van der Waals surface area contributed by atoms with Crippen LogP contribution in [-0.4, -0.2) is 25.2 Å². The van der Waals surface area contributed by atoms with E-state index in [4.69, 9.17) is 0 Å².